The Labute approximate surface area is 220 Å². The lowest BCUT2D eigenvalue weighted by Crippen LogP contribution is -2.45. The van der Waals surface area contributed by atoms with Crippen molar-refractivity contribution in [3.63, 3.8) is 0 Å². The van der Waals surface area contributed by atoms with Crippen molar-refractivity contribution in [2.45, 2.75) is 44.4 Å². The van der Waals surface area contributed by atoms with Gasteiger partial charge in [0.15, 0.2) is 0 Å². The average molecular weight is 494 g/mol. The number of benzene rings is 4. The van der Waals surface area contributed by atoms with Crippen molar-refractivity contribution in [3.05, 3.63) is 144 Å². The first-order valence-corrected chi connectivity index (χ1v) is 12.7. The first kappa shape index (κ1) is 26.2. The zero-order chi connectivity index (χ0) is 26.1. The number of hydrogen-bond acceptors (Lipinski definition) is 3. The van der Waals surface area contributed by atoms with Crippen LogP contribution in [-0.4, -0.2) is 24.3 Å². The summed E-state index contributed by atoms with van der Waals surface area (Å²) in [5, 5.41) is 3.06. The van der Waals surface area contributed by atoms with Gasteiger partial charge in [-0.1, -0.05) is 121 Å². The van der Waals surface area contributed by atoms with E-state index in [1.165, 1.54) is 0 Å². The molecule has 0 aliphatic heterocycles. The second kappa shape index (κ2) is 11.9. The topological polar surface area (TPSA) is 47.6 Å². The SMILES string of the molecule is CC(C)(C)OC(=O)N[C@H](COC(c1ccccc1)(c1ccccc1)c1ccccc1)Cc1ccccc1. The van der Waals surface area contributed by atoms with Crippen LogP contribution in [0.2, 0.25) is 0 Å². The van der Waals surface area contributed by atoms with Gasteiger partial charge in [0.05, 0.1) is 12.6 Å². The summed E-state index contributed by atoms with van der Waals surface area (Å²) < 4.78 is 12.6. The lowest BCUT2D eigenvalue weighted by atomic mass is 9.80. The number of ether oxygens (including phenoxy) is 2. The Morgan fingerprint density at radius 1 is 0.676 bits per heavy atom. The number of alkyl carbamates (subject to hydrolysis) is 1. The molecular formula is C33H35NO3. The number of carbonyl (C=O) groups excluding carboxylic acids is 1. The van der Waals surface area contributed by atoms with E-state index in [1.54, 1.807) is 0 Å². The predicted molar refractivity (Wildman–Crippen MR) is 148 cm³/mol. The van der Waals surface area contributed by atoms with Gasteiger partial charge in [-0.25, -0.2) is 4.79 Å². The van der Waals surface area contributed by atoms with E-state index in [0.29, 0.717) is 6.42 Å². The molecule has 4 heteroatoms. The fourth-order valence-electron chi connectivity index (χ4n) is 4.52. The Morgan fingerprint density at radius 2 is 1.08 bits per heavy atom. The Bertz CT molecular complexity index is 1140. The quantitative estimate of drug-likeness (QED) is 0.252. The normalized spacial score (nSPS) is 12.5. The summed E-state index contributed by atoms with van der Waals surface area (Å²) in [5.41, 5.74) is 2.70. The molecule has 0 bridgehead atoms. The minimum absolute atomic E-state index is 0.271. The molecule has 0 aliphatic rings. The van der Waals surface area contributed by atoms with Gasteiger partial charge in [-0.3, -0.25) is 0 Å². The molecule has 1 N–H and O–H groups in total. The van der Waals surface area contributed by atoms with Gasteiger partial charge in [-0.05, 0) is 49.4 Å². The lowest BCUT2D eigenvalue weighted by molar-refractivity contribution is -0.00385. The number of rotatable bonds is 9. The summed E-state index contributed by atoms with van der Waals surface area (Å²) in [7, 11) is 0. The van der Waals surface area contributed by atoms with E-state index in [4.69, 9.17) is 9.47 Å². The zero-order valence-electron chi connectivity index (χ0n) is 21.8. The van der Waals surface area contributed by atoms with Crippen LogP contribution in [0, 0.1) is 0 Å². The average Bonchev–Trinajstić information content (AvgIpc) is 2.90. The van der Waals surface area contributed by atoms with Crippen molar-refractivity contribution in [2.24, 2.45) is 0 Å². The predicted octanol–water partition coefficient (Wildman–Crippen LogP) is 7.13. The molecule has 0 aromatic heterocycles. The largest absolute Gasteiger partial charge is 0.444 e. The van der Waals surface area contributed by atoms with Crippen LogP contribution in [0.4, 0.5) is 4.79 Å². The van der Waals surface area contributed by atoms with Crippen LogP contribution in [-0.2, 0) is 21.5 Å². The third-order valence-corrected chi connectivity index (χ3v) is 6.09. The molecule has 4 aromatic carbocycles. The summed E-state index contributed by atoms with van der Waals surface area (Å²) in [6.07, 6.45) is 0.149. The fraction of sp³-hybridized carbons (Fsp3) is 0.242. The van der Waals surface area contributed by atoms with E-state index in [2.05, 4.69) is 53.8 Å². The van der Waals surface area contributed by atoms with E-state index in [1.807, 2.05) is 93.6 Å². The number of hydrogen-bond donors (Lipinski definition) is 1. The van der Waals surface area contributed by atoms with Crippen molar-refractivity contribution < 1.29 is 14.3 Å². The molecule has 0 heterocycles. The summed E-state index contributed by atoms with van der Waals surface area (Å²) in [6, 6.07) is 40.5. The van der Waals surface area contributed by atoms with Gasteiger partial charge in [0, 0.05) is 0 Å². The van der Waals surface area contributed by atoms with E-state index < -0.39 is 17.3 Å². The first-order valence-electron chi connectivity index (χ1n) is 12.7. The molecule has 0 fully saturated rings. The molecule has 190 valence electrons. The Balaban J connectivity index is 1.73. The highest BCUT2D eigenvalue weighted by molar-refractivity contribution is 5.68. The molecule has 37 heavy (non-hydrogen) atoms. The number of nitrogens with one attached hydrogen (secondary N) is 1. The van der Waals surface area contributed by atoms with E-state index in [9.17, 15) is 4.79 Å². The maximum Gasteiger partial charge on any atom is 0.407 e. The smallest absolute Gasteiger partial charge is 0.407 e. The Hall–Kier alpha value is -3.89. The van der Waals surface area contributed by atoms with Gasteiger partial charge >= 0.3 is 6.09 Å². The van der Waals surface area contributed by atoms with Gasteiger partial charge in [-0.15, -0.1) is 0 Å². The highest BCUT2D eigenvalue weighted by Crippen LogP contribution is 2.40. The van der Waals surface area contributed by atoms with Crippen molar-refractivity contribution in [1.82, 2.24) is 5.32 Å². The fourth-order valence-corrected chi connectivity index (χ4v) is 4.52. The van der Waals surface area contributed by atoms with Gasteiger partial charge in [0.2, 0.25) is 0 Å². The van der Waals surface area contributed by atoms with Gasteiger partial charge in [0.1, 0.15) is 11.2 Å². The van der Waals surface area contributed by atoms with Crippen LogP contribution in [0.1, 0.15) is 43.0 Å². The van der Waals surface area contributed by atoms with Gasteiger partial charge in [0.25, 0.3) is 0 Å². The van der Waals surface area contributed by atoms with Crippen LogP contribution in [0.5, 0.6) is 0 Å². The highest BCUT2D eigenvalue weighted by atomic mass is 16.6. The molecule has 1 amide bonds. The number of carbonyl (C=O) groups is 1. The van der Waals surface area contributed by atoms with Gasteiger partial charge < -0.3 is 14.8 Å². The molecule has 0 saturated carbocycles. The molecule has 0 spiro atoms. The molecule has 4 aromatic rings. The maximum absolute atomic E-state index is 12.8. The van der Waals surface area contributed by atoms with Crippen molar-refractivity contribution in [1.29, 1.82) is 0 Å². The van der Waals surface area contributed by atoms with Crippen LogP contribution in [0.15, 0.2) is 121 Å². The van der Waals surface area contributed by atoms with Crippen LogP contribution in [0.25, 0.3) is 0 Å². The second-order valence-corrected chi connectivity index (χ2v) is 10.1. The standard InChI is InChI=1S/C33H35NO3/c1-32(2,3)37-31(35)34-30(24-26-16-8-4-9-17-26)25-36-33(27-18-10-5-11-19-27,28-20-12-6-13-21-28)29-22-14-7-15-23-29/h4-23,30H,24-25H2,1-3H3,(H,34,35)/t30-/m0/s1. The van der Waals surface area contributed by atoms with Crippen LogP contribution < -0.4 is 5.32 Å². The molecule has 1 atom stereocenters. The van der Waals surface area contributed by atoms with Crippen molar-refractivity contribution in [2.75, 3.05) is 6.61 Å². The third-order valence-electron chi connectivity index (χ3n) is 6.09. The third kappa shape index (κ3) is 6.87. The highest BCUT2D eigenvalue weighted by Gasteiger charge is 2.38. The second-order valence-electron chi connectivity index (χ2n) is 10.1. The maximum atomic E-state index is 12.8. The monoisotopic (exact) mass is 493 g/mol. The van der Waals surface area contributed by atoms with Crippen LogP contribution in [0.3, 0.4) is 0 Å². The summed E-state index contributed by atoms with van der Waals surface area (Å²) in [6.45, 7) is 5.86. The zero-order valence-corrected chi connectivity index (χ0v) is 21.8. The Kier molecular flexibility index (Phi) is 8.42. The molecule has 4 rings (SSSR count). The van der Waals surface area contributed by atoms with Crippen LogP contribution >= 0.6 is 0 Å². The molecule has 4 nitrogen and oxygen atoms in total. The van der Waals surface area contributed by atoms with E-state index >= 15 is 0 Å². The molecular weight excluding hydrogens is 458 g/mol. The molecule has 0 saturated heterocycles. The molecule has 0 unspecified atom stereocenters. The molecule has 0 radical (unpaired) electrons. The molecule has 0 aliphatic carbocycles. The minimum atomic E-state index is -0.867. The van der Waals surface area contributed by atoms with Gasteiger partial charge in [-0.2, -0.15) is 0 Å². The number of amides is 1. The van der Waals surface area contributed by atoms with Crippen molar-refractivity contribution >= 4 is 6.09 Å². The summed E-state index contributed by atoms with van der Waals surface area (Å²) >= 11 is 0. The van der Waals surface area contributed by atoms with Crippen molar-refractivity contribution in [3.8, 4) is 0 Å². The minimum Gasteiger partial charge on any atom is -0.444 e. The summed E-state index contributed by atoms with van der Waals surface area (Å²) in [5.74, 6) is 0. The first-order chi connectivity index (χ1) is 17.9. The lowest BCUT2D eigenvalue weighted by Gasteiger charge is -2.37. The van der Waals surface area contributed by atoms with E-state index in [-0.39, 0.29) is 12.6 Å². The Morgan fingerprint density at radius 3 is 1.49 bits per heavy atom. The van der Waals surface area contributed by atoms with E-state index in [0.717, 1.165) is 22.3 Å². The summed E-state index contributed by atoms with van der Waals surface area (Å²) in [4.78, 5) is 12.8.